The molecule has 0 atom stereocenters. The Morgan fingerprint density at radius 2 is 2.04 bits per heavy atom. The van der Waals surface area contributed by atoms with Crippen molar-refractivity contribution in [2.24, 2.45) is 22.8 Å². The van der Waals surface area contributed by atoms with E-state index in [-0.39, 0.29) is 0 Å². The van der Waals surface area contributed by atoms with Gasteiger partial charge in [0.05, 0.1) is 11.4 Å². The molecule has 0 radical (unpaired) electrons. The predicted octanol–water partition coefficient (Wildman–Crippen LogP) is 2.18. The maximum absolute atomic E-state index is 5.74. The molecule has 0 spiro atoms. The van der Waals surface area contributed by atoms with Gasteiger partial charge in [-0.05, 0) is 57.1 Å². The Kier molecular flexibility index (Phi) is 3.99. The Bertz CT molecular complexity index is 694. The molecule has 6 heteroatoms. The molecule has 2 aromatic rings. The maximum Gasteiger partial charge on any atom is 0.141 e. The Labute approximate surface area is 136 Å². The van der Waals surface area contributed by atoms with Crippen molar-refractivity contribution in [1.29, 1.82) is 0 Å². The molecule has 23 heavy (non-hydrogen) atoms. The standard InChI is InChI=1S/C17H24N6/c18-23-15(16-14-7-8-19-17(14)22-10-21-16)12-3-1-11(2-4-12)9-20-13-5-6-13/h7-8,10-13,20H,1-6,9,18H2,(H,19,21,22). The Morgan fingerprint density at radius 1 is 1.22 bits per heavy atom. The first-order chi connectivity index (χ1) is 11.3. The minimum absolute atomic E-state index is 0.408. The van der Waals surface area contributed by atoms with Gasteiger partial charge in [-0.3, -0.25) is 0 Å². The molecule has 2 heterocycles. The summed E-state index contributed by atoms with van der Waals surface area (Å²) in [5.41, 5.74) is 2.67. The smallest absolute Gasteiger partial charge is 0.141 e. The second kappa shape index (κ2) is 6.28. The third-order valence-electron chi connectivity index (χ3n) is 5.24. The van der Waals surface area contributed by atoms with Crippen LogP contribution in [0.5, 0.6) is 0 Å². The highest BCUT2D eigenvalue weighted by atomic mass is 15.1. The monoisotopic (exact) mass is 312 g/mol. The summed E-state index contributed by atoms with van der Waals surface area (Å²) in [6, 6.07) is 2.80. The molecule has 6 nitrogen and oxygen atoms in total. The molecule has 2 aliphatic carbocycles. The Hall–Kier alpha value is -1.95. The van der Waals surface area contributed by atoms with Gasteiger partial charge in [0.1, 0.15) is 12.0 Å². The first kappa shape index (κ1) is 14.6. The van der Waals surface area contributed by atoms with E-state index in [0.29, 0.717) is 5.92 Å². The van der Waals surface area contributed by atoms with Gasteiger partial charge in [-0.25, -0.2) is 9.97 Å². The molecule has 4 N–H and O–H groups in total. The second-order valence-corrected chi connectivity index (χ2v) is 6.88. The van der Waals surface area contributed by atoms with Crippen LogP contribution < -0.4 is 11.2 Å². The fourth-order valence-electron chi connectivity index (χ4n) is 3.70. The number of nitrogens with two attached hydrogens (primary N) is 1. The number of hydrogen-bond acceptors (Lipinski definition) is 5. The number of fused-ring (bicyclic) bond motifs is 1. The van der Waals surface area contributed by atoms with Gasteiger partial charge in [-0.1, -0.05) is 0 Å². The van der Waals surface area contributed by atoms with E-state index >= 15 is 0 Å². The lowest BCUT2D eigenvalue weighted by molar-refractivity contribution is 0.310. The van der Waals surface area contributed by atoms with Crippen LogP contribution in [0.15, 0.2) is 23.7 Å². The molecular formula is C17H24N6. The van der Waals surface area contributed by atoms with Gasteiger partial charge in [-0.2, -0.15) is 5.10 Å². The van der Waals surface area contributed by atoms with Crippen molar-refractivity contribution in [3.63, 3.8) is 0 Å². The van der Waals surface area contributed by atoms with E-state index in [4.69, 9.17) is 5.84 Å². The summed E-state index contributed by atoms with van der Waals surface area (Å²) in [5.74, 6) is 6.94. The first-order valence-corrected chi connectivity index (χ1v) is 8.64. The lowest BCUT2D eigenvalue weighted by Gasteiger charge is -2.29. The zero-order valence-corrected chi connectivity index (χ0v) is 13.3. The molecule has 0 amide bonds. The number of nitrogens with one attached hydrogen (secondary N) is 2. The molecule has 0 unspecified atom stereocenters. The molecular weight excluding hydrogens is 288 g/mol. The second-order valence-electron chi connectivity index (χ2n) is 6.88. The fourth-order valence-corrected chi connectivity index (χ4v) is 3.70. The van der Waals surface area contributed by atoms with Crippen LogP contribution in [0.2, 0.25) is 0 Å². The summed E-state index contributed by atoms with van der Waals surface area (Å²) in [7, 11) is 0. The Morgan fingerprint density at radius 3 is 2.78 bits per heavy atom. The van der Waals surface area contributed by atoms with Gasteiger partial charge < -0.3 is 16.1 Å². The van der Waals surface area contributed by atoms with Gasteiger partial charge >= 0.3 is 0 Å². The summed E-state index contributed by atoms with van der Waals surface area (Å²) in [4.78, 5) is 11.8. The number of hydrazone groups is 1. The summed E-state index contributed by atoms with van der Waals surface area (Å²) in [6.07, 6.45) is 11.0. The maximum atomic E-state index is 5.74. The lowest BCUT2D eigenvalue weighted by atomic mass is 9.78. The van der Waals surface area contributed by atoms with Crippen LogP contribution in [-0.2, 0) is 0 Å². The van der Waals surface area contributed by atoms with Crippen LogP contribution in [0, 0.1) is 11.8 Å². The lowest BCUT2D eigenvalue weighted by Crippen LogP contribution is -2.30. The van der Waals surface area contributed by atoms with Gasteiger partial charge in [0, 0.05) is 23.5 Å². The van der Waals surface area contributed by atoms with Crippen LogP contribution in [0.25, 0.3) is 11.0 Å². The highest BCUT2D eigenvalue weighted by Crippen LogP contribution is 2.32. The van der Waals surface area contributed by atoms with E-state index in [9.17, 15) is 0 Å². The van der Waals surface area contributed by atoms with Crippen LogP contribution in [0.1, 0.15) is 44.2 Å². The van der Waals surface area contributed by atoms with Crippen molar-refractivity contribution in [2.75, 3.05) is 6.54 Å². The Balaban J connectivity index is 1.45. The molecule has 0 bridgehead atoms. The molecule has 122 valence electrons. The van der Waals surface area contributed by atoms with Crippen molar-refractivity contribution in [2.45, 2.75) is 44.6 Å². The van der Waals surface area contributed by atoms with Crippen molar-refractivity contribution in [1.82, 2.24) is 20.3 Å². The summed E-state index contributed by atoms with van der Waals surface area (Å²) < 4.78 is 0. The molecule has 2 aromatic heterocycles. The van der Waals surface area contributed by atoms with E-state index in [1.807, 2.05) is 12.3 Å². The third-order valence-corrected chi connectivity index (χ3v) is 5.24. The van der Waals surface area contributed by atoms with Crippen molar-refractivity contribution < 1.29 is 0 Å². The highest BCUT2D eigenvalue weighted by molar-refractivity contribution is 6.09. The largest absolute Gasteiger partial charge is 0.346 e. The van der Waals surface area contributed by atoms with E-state index in [1.54, 1.807) is 6.33 Å². The van der Waals surface area contributed by atoms with Crippen molar-refractivity contribution >= 4 is 16.7 Å². The van der Waals surface area contributed by atoms with Crippen molar-refractivity contribution in [3.05, 3.63) is 24.3 Å². The third kappa shape index (κ3) is 3.08. The van der Waals surface area contributed by atoms with Gasteiger partial charge in [0.15, 0.2) is 0 Å². The SMILES string of the molecule is NN=C(c1ncnc2[nH]ccc12)C1CCC(CNC2CC2)CC1. The van der Waals surface area contributed by atoms with E-state index < -0.39 is 0 Å². The van der Waals surface area contributed by atoms with Crippen LogP contribution in [0.4, 0.5) is 0 Å². The average Bonchev–Trinajstić information content (AvgIpc) is 3.29. The number of aromatic amines is 1. The number of aromatic nitrogens is 3. The van der Waals surface area contributed by atoms with Crippen LogP contribution in [0.3, 0.4) is 0 Å². The van der Waals surface area contributed by atoms with E-state index in [1.165, 1.54) is 32.2 Å². The van der Waals surface area contributed by atoms with Crippen LogP contribution in [-0.4, -0.2) is 33.3 Å². The minimum Gasteiger partial charge on any atom is -0.346 e. The molecule has 2 fully saturated rings. The molecule has 0 aromatic carbocycles. The van der Waals surface area contributed by atoms with Gasteiger partial charge in [-0.15, -0.1) is 0 Å². The molecule has 2 aliphatic rings. The number of hydrogen-bond donors (Lipinski definition) is 3. The van der Waals surface area contributed by atoms with Gasteiger partial charge in [0.25, 0.3) is 0 Å². The molecule has 4 rings (SSSR count). The number of rotatable bonds is 5. The normalized spacial score (nSPS) is 25.8. The van der Waals surface area contributed by atoms with E-state index in [0.717, 1.165) is 47.2 Å². The fraction of sp³-hybridized carbons (Fsp3) is 0.588. The predicted molar refractivity (Wildman–Crippen MR) is 91.1 cm³/mol. The van der Waals surface area contributed by atoms with Crippen molar-refractivity contribution in [3.8, 4) is 0 Å². The topological polar surface area (TPSA) is 92.0 Å². The summed E-state index contributed by atoms with van der Waals surface area (Å²) in [5, 5.41) is 8.78. The highest BCUT2D eigenvalue weighted by Gasteiger charge is 2.29. The molecule has 0 aliphatic heterocycles. The van der Waals surface area contributed by atoms with E-state index in [2.05, 4.69) is 25.4 Å². The zero-order chi connectivity index (χ0) is 15.6. The zero-order valence-electron chi connectivity index (χ0n) is 13.3. The quantitative estimate of drug-likeness (QED) is 0.448. The van der Waals surface area contributed by atoms with Gasteiger partial charge in [0.2, 0.25) is 0 Å². The molecule has 0 saturated heterocycles. The summed E-state index contributed by atoms with van der Waals surface area (Å²) >= 11 is 0. The minimum atomic E-state index is 0.408. The number of H-pyrrole nitrogens is 1. The average molecular weight is 312 g/mol. The molecule has 2 saturated carbocycles. The van der Waals surface area contributed by atoms with Crippen LogP contribution >= 0.6 is 0 Å². The summed E-state index contributed by atoms with van der Waals surface area (Å²) in [6.45, 7) is 1.17. The number of nitrogens with zero attached hydrogens (tertiary/aromatic N) is 3. The first-order valence-electron chi connectivity index (χ1n) is 8.64.